The largest absolute Gasteiger partial charge is 0.454 e. The lowest BCUT2D eigenvalue weighted by atomic mass is 10.1. The maximum atomic E-state index is 12.3. The second-order valence-electron chi connectivity index (χ2n) is 6.52. The van der Waals surface area contributed by atoms with Crippen molar-refractivity contribution < 1.29 is 14.3 Å². The Balaban J connectivity index is 1.61. The van der Waals surface area contributed by atoms with Crippen molar-refractivity contribution >= 4 is 23.6 Å². The first-order valence-electron chi connectivity index (χ1n) is 9.44. The number of carbonyl (C=O) groups is 1. The first-order valence-corrected chi connectivity index (χ1v) is 9.82. The van der Waals surface area contributed by atoms with Gasteiger partial charge in [0, 0.05) is 19.2 Å². The Morgan fingerprint density at radius 2 is 1.93 bits per heavy atom. The third-order valence-electron chi connectivity index (χ3n) is 4.74. The van der Waals surface area contributed by atoms with Crippen LogP contribution in [0, 0.1) is 0 Å². The van der Waals surface area contributed by atoms with E-state index in [0.717, 1.165) is 30.8 Å². The summed E-state index contributed by atoms with van der Waals surface area (Å²) in [7, 11) is 0. The lowest BCUT2D eigenvalue weighted by molar-refractivity contribution is -0.116. The molecule has 1 aliphatic rings. The van der Waals surface area contributed by atoms with Gasteiger partial charge in [-0.3, -0.25) is 9.69 Å². The summed E-state index contributed by atoms with van der Waals surface area (Å²) < 4.78 is 10.6. The van der Waals surface area contributed by atoms with Crippen molar-refractivity contribution in [2.45, 2.75) is 26.9 Å². The molecule has 5 nitrogen and oxygen atoms in total. The van der Waals surface area contributed by atoms with Crippen LogP contribution in [0.1, 0.15) is 30.5 Å². The van der Waals surface area contributed by atoms with Gasteiger partial charge in [0.2, 0.25) is 12.7 Å². The van der Waals surface area contributed by atoms with Crippen LogP contribution in [0.15, 0.2) is 42.5 Å². The SMILES string of the molecule is CCN(CC)Cc1ccccc1CNC(=O)/C=C/c1cc(Cl)c2c(c1)OCO2. The summed E-state index contributed by atoms with van der Waals surface area (Å²) in [5.41, 5.74) is 3.15. The van der Waals surface area contributed by atoms with Gasteiger partial charge in [0.05, 0.1) is 5.02 Å². The number of halogens is 1. The molecule has 0 radical (unpaired) electrons. The summed E-state index contributed by atoms with van der Waals surface area (Å²) in [5.74, 6) is 0.984. The molecule has 1 heterocycles. The highest BCUT2D eigenvalue weighted by molar-refractivity contribution is 6.32. The van der Waals surface area contributed by atoms with Crippen LogP contribution in [-0.4, -0.2) is 30.7 Å². The molecule has 0 unspecified atom stereocenters. The van der Waals surface area contributed by atoms with E-state index in [1.165, 1.54) is 11.6 Å². The quantitative estimate of drug-likeness (QED) is 0.673. The Labute approximate surface area is 170 Å². The molecule has 2 aromatic rings. The minimum absolute atomic E-state index is 0.161. The van der Waals surface area contributed by atoms with Gasteiger partial charge in [0.25, 0.3) is 0 Å². The molecule has 0 bridgehead atoms. The number of benzene rings is 2. The Morgan fingerprint density at radius 3 is 2.68 bits per heavy atom. The standard InChI is InChI=1S/C22H25ClN2O3/c1-3-25(4-2)14-18-8-6-5-7-17(18)13-24-21(26)10-9-16-11-19(23)22-20(12-16)27-15-28-22/h5-12H,3-4,13-15H2,1-2H3,(H,24,26)/b10-9+. The van der Waals surface area contributed by atoms with Gasteiger partial charge < -0.3 is 14.8 Å². The lowest BCUT2D eigenvalue weighted by Gasteiger charge is -2.20. The summed E-state index contributed by atoms with van der Waals surface area (Å²) in [6, 6.07) is 11.8. The first kappa shape index (κ1) is 20.2. The third-order valence-corrected chi connectivity index (χ3v) is 5.02. The van der Waals surface area contributed by atoms with Crippen LogP contribution < -0.4 is 14.8 Å². The topological polar surface area (TPSA) is 50.8 Å². The maximum Gasteiger partial charge on any atom is 0.244 e. The van der Waals surface area contributed by atoms with Gasteiger partial charge in [-0.2, -0.15) is 0 Å². The first-order chi connectivity index (χ1) is 13.6. The van der Waals surface area contributed by atoms with Crippen LogP contribution in [0.25, 0.3) is 6.08 Å². The van der Waals surface area contributed by atoms with E-state index in [1.54, 1.807) is 18.2 Å². The number of ether oxygens (including phenoxy) is 2. The van der Waals surface area contributed by atoms with E-state index >= 15 is 0 Å². The number of fused-ring (bicyclic) bond motifs is 1. The van der Waals surface area contributed by atoms with Crippen molar-refractivity contribution in [3.05, 3.63) is 64.2 Å². The Kier molecular flexibility index (Phi) is 6.95. The molecule has 0 saturated carbocycles. The highest BCUT2D eigenvalue weighted by atomic mass is 35.5. The molecule has 0 spiro atoms. The van der Waals surface area contributed by atoms with E-state index in [0.29, 0.717) is 23.1 Å². The van der Waals surface area contributed by atoms with Crippen LogP contribution in [0.5, 0.6) is 11.5 Å². The molecule has 0 atom stereocenters. The Hall–Kier alpha value is -2.50. The van der Waals surface area contributed by atoms with Gasteiger partial charge >= 0.3 is 0 Å². The zero-order chi connectivity index (χ0) is 19.9. The van der Waals surface area contributed by atoms with E-state index in [-0.39, 0.29) is 12.7 Å². The third kappa shape index (κ3) is 5.06. The molecule has 28 heavy (non-hydrogen) atoms. The van der Waals surface area contributed by atoms with Crippen LogP contribution in [-0.2, 0) is 17.9 Å². The molecular formula is C22H25ClN2O3. The van der Waals surface area contributed by atoms with Crippen molar-refractivity contribution in [1.82, 2.24) is 10.2 Å². The number of carbonyl (C=O) groups excluding carboxylic acids is 1. The predicted molar refractivity (Wildman–Crippen MR) is 112 cm³/mol. The number of rotatable bonds is 8. The summed E-state index contributed by atoms with van der Waals surface area (Å²) in [5, 5.41) is 3.43. The minimum Gasteiger partial charge on any atom is -0.454 e. The van der Waals surface area contributed by atoms with Gasteiger partial charge in [-0.05, 0) is 48.0 Å². The van der Waals surface area contributed by atoms with Crippen molar-refractivity contribution in [3.63, 3.8) is 0 Å². The summed E-state index contributed by atoms with van der Waals surface area (Å²) >= 11 is 6.17. The maximum absolute atomic E-state index is 12.3. The highest BCUT2D eigenvalue weighted by Gasteiger charge is 2.17. The van der Waals surface area contributed by atoms with Crippen molar-refractivity contribution in [1.29, 1.82) is 0 Å². The average Bonchev–Trinajstić information content (AvgIpc) is 3.19. The molecule has 1 aliphatic heterocycles. The molecular weight excluding hydrogens is 376 g/mol. The number of amides is 1. The molecule has 0 aromatic heterocycles. The monoisotopic (exact) mass is 400 g/mol. The molecule has 1 N–H and O–H groups in total. The normalized spacial score (nSPS) is 12.7. The van der Waals surface area contributed by atoms with E-state index < -0.39 is 0 Å². The van der Waals surface area contributed by atoms with E-state index in [9.17, 15) is 4.79 Å². The Bertz CT molecular complexity index is 863. The summed E-state index contributed by atoms with van der Waals surface area (Å²) in [6.45, 7) is 7.83. The molecule has 2 aromatic carbocycles. The molecule has 0 fully saturated rings. The smallest absolute Gasteiger partial charge is 0.244 e. The molecule has 148 valence electrons. The minimum atomic E-state index is -0.161. The van der Waals surface area contributed by atoms with Crippen molar-refractivity contribution in [3.8, 4) is 11.5 Å². The number of nitrogens with zero attached hydrogens (tertiary/aromatic N) is 1. The van der Waals surface area contributed by atoms with E-state index in [1.807, 2.05) is 12.1 Å². The fraction of sp³-hybridized carbons (Fsp3) is 0.318. The van der Waals surface area contributed by atoms with Crippen LogP contribution in [0.3, 0.4) is 0 Å². The van der Waals surface area contributed by atoms with Gasteiger partial charge in [-0.15, -0.1) is 0 Å². The van der Waals surface area contributed by atoms with Gasteiger partial charge in [-0.1, -0.05) is 49.7 Å². The second kappa shape index (κ2) is 9.62. The molecule has 0 saturated heterocycles. The number of hydrogen-bond acceptors (Lipinski definition) is 4. The molecule has 0 aliphatic carbocycles. The fourth-order valence-electron chi connectivity index (χ4n) is 3.07. The molecule has 3 rings (SSSR count). The zero-order valence-corrected chi connectivity index (χ0v) is 17.0. The number of hydrogen-bond donors (Lipinski definition) is 1. The zero-order valence-electron chi connectivity index (χ0n) is 16.2. The van der Waals surface area contributed by atoms with Crippen molar-refractivity contribution in [2.75, 3.05) is 19.9 Å². The van der Waals surface area contributed by atoms with Crippen molar-refractivity contribution in [2.24, 2.45) is 0 Å². The Morgan fingerprint density at radius 1 is 1.18 bits per heavy atom. The van der Waals surface area contributed by atoms with Crippen LogP contribution in [0.2, 0.25) is 5.02 Å². The number of nitrogens with one attached hydrogen (secondary N) is 1. The predicted octanol–water partition coefficient (Wildman–Crippen LogP) is 4.24. The van der Waals surface area contributed by atoms with E-state index in [2.05, 4.69) is 36.2 Å². The summed E-state index contributed by atoms with van der Waals surface area (Å²) in [6.07, 6.45) is 3.21. The van der Waals surface area contributed by atoms with Crippen LogP contribution >= 0.6 is 11.6 Å². The average molecular weight is 401 g/mol. The van der Waals surface area contributed by atoms with Gasteiger partial charge in [-0.25, -0.2) is 0 Å². The molecule has 1 amide bonds. The van der Waals surface area contributed by atoms with Gasteiger partial charge in [0.15, 0.2) is 11.5 Å². The fourth-order valence-corrected chi connectivity index (χ4v) is 3.34. The van der Waals surface area contributed by atoms with Crippen LogP contribution in [0.4, 0.5) is 0 Å². The lowest BCUT2D eigenvalue weighted by Crippen LogP contribution is -2.25. The molecule has 6 heteroatoms. The second-order valence-corrected chi connectivity index (χ2v) is 6.92. The van der Waals surface area contributed by atoms with Gasteiger partial charge in [0.1, 0.15) is 0 Å². The summed E-state index contributed by atoms with van der Waals surface area (Å²) in [4.78, 5) is 14.6. The van der Waals surface area contributed by atoms with E-state index in [4.69, 9.17) is 21.1 Å². The highest BCUT2D eigenvalue weighted by Crippen LogP contribution is 2.40.